The molecule has 1 N–H and O–H groups in total. The Balaban J connectivity index is 2.54. The third kappa shape index (κ3) is 1.44. The quantitative estimate of drug-likeness (QED) is 0.712. The van der Waals surface area contributed by atoms with Gasteiger partial charge >= 0.3 is 0 Å². The van der Waals surface area contributed by atoms with Gasteiger partial charge in [-0.1, -0.05) is 11.6 Å². The SMILES string of the molecule is Cc1cc2c(c(C)c1Cl)NCC(C)O2. The van der Waals surface area contributed by atoms with Crippen LogP contribution in [0.5, 0.6) is 5.75 Å². The van der Waals surface area contributed by atoms with Gasteiger partial charge in [0.1, 0.15) is 11.9 Å². The summed E-state index contributed by atoms with van der Waals surface area (Å²) in [5.74, 6) is 0.920. The monoisotopic (exact) mass is 211 g/mol. The second-order valence-corrected chi connectivity index (χ2v) is 4.19. The minimum Gasteiger partial charge on any atom is -0.487 e. The van der Waals surface area contributed by atoms with Gasteiger partial charge < -0.3 is 10.1 Å². The smallest absolute Gasteiger partial charge is 0.143 e. The van der Waals surface area contributed by atoms with Crippen molar-refractivity contribution in [3.63, 3.8) is 0 Å². The molecular formula is C11H14ClNO. The van der Waals surface area contributed by atoms with Crippen LogP contribution in [0.1, 0.15) is 18.1 Å². The second kappa shape index (κ2) is 3.35. The van der Waals surface area contributed by atoms with Gasteiger partial charge in [-0.15, -0.1) is 0 Å². The summed E-state index contributed by atoms with van der Waals surface area (Å²) in [6.45, 7) is 6.90. The zero-order valence-corrected chi connectivity index (χ0v) is 9.40. The van der Waals surface area contributed by atoms with Gasteiger partial charge in [0.05, 0.1) is 12.2 Å². The van der Waals surface area contributed by atoms with Crippen LogP contribution >= 0.6 is 11.6 Å². The van der Waals surface area contributed by atoms with Gasteiger partial charge in [0, 0.05) is 5.02 Å². The normalized spacial score (nSPS) is 19.6. The Morgan fingerprint density at radius 2 is 2.21 bits per heavy atom. The fourth-order valence-electron chi connectivity index (χ4n) is 1.74. The average molecular weight is 212 g/mol. The number of hydrogen-bond donors (Lipinski definition) is 1. The van der Waals surface area contributed by atoms with Crippen LogP contribution in [0.3, 0.4) is 0 Å². The number of aryl methyl sites for hydroxylation is 1. The Morgan fingerprint density at radius 1 is 1.50 bits per heavy atom. The second-order valence-electron chi connectivity index (χ2n) is 3.81. The van der Waals surface area contributed by atoms with Gasteiger partial charge in [-0.3, -0.25) is 0 Å². The largest absolute Gasteiger partial charge is 0.487 e. The molecule has 2 rings (SSSR count). The molecule has 1 aliphatic heterocycles. The Labute approximate surface area is 89.2 Å². The Bertz CT molecular complexity index is 376. The van der Waals surface area contributed by atoms with Crippen LogP contribution in [0.15, 0.2) is 6.07 Å². The van der Waals surface area contributed by atoms with Crippen molar-refractivity contribution < 1.29 is 4.74 Å². The molecule has 1 aromatic rings. The first-order valence-corrected chi connectivity index (χ1v) is 5.17. The highest BCUT2D eigenvalue weighted by Gasteiger charge is 2.19. The first-order valence-electron chi connectivity index (χ1n) is 4.80. The van der Waals surface area contributed by atoms with E-state index in [-0.39, 0.29) is 6.10 Å². The zero-order valence-electron chi connectivity index (χ0n) is 8.65. The molecule has 3 heteroatoms. The van der Waals surface area contributed by atoms with Crippen molar-refractivity contribution in [3.05, 3.63) is 22.2 Å². The highest BCUT2D eigenvalue weighted by Crippen LogP contribution is 2.38. The van der Waals surface area contributed by atoms with Gasteiger partial charge in [0.15, 0.2) is 0 Å². The van der Waals surface area contributed by atoms with E-state index in [0.29, 0.717) is 0 Å². The van der Waals surface area contributed by atoms with E-state index in [2.05, 4.69) is 12.2 Å². The molecule has 14 heavy (non-hydrogen) atoms. The van der Waals surface area contributed by atoms with Crippen LogP contribution in [-0.2, 0) is 0 Å². The van der Waals surface area contributed by atoms with E-state index in [1.807, 2.05) is 19.9 Å². The first kappa shape index (κ1) is 9.66. The predicted molar refractivity (Wildman–Crippen MR) is 59.5 cm³/mol. The summed E-state index contributed by atoms with van der Waals surface area (Å²) in [7, 11) is 0. The van der Waals surface area contributed by atoms with Gasteiger partial charge in [-0.2, -0.15) is 0 Å². The number of anilines is 1. The van der Waals surface area contributed by atoms with E-state index in [1.165, 1.54) is 0 Å². The molecule has 0 saturated heterocycles. The summed E-state index contributed by atoms with van der Waals surface area (Å²) in [5.41, 5.74) is 3.19. The molecule has 0 aromatic heterocycles. The first-order chi connectivity index (χ1) is 6.59. The summed E-state index contributed by atoms with van der Waals surface area (Å²) < 4.78 is 5.73. The van der Waals surface area contributed by atoms with Gasteiger partial charge in [-0.25, -0.2) is 0 Å². The van der Waals surface area contributed by atoms with Crippen LogP contribution in [0.2, 0.25) is 5.02 Å². The molecule has 0 radical (unpaired) electrons. The van der Waals surface area contributed by atoms with E-state index in [9.17, 15) is 0 Å². The Morgan fingerprint density at radius 3 is 2.93 bits per heavy atom. The number of fused-ring (bicyclic) bond motifs is 1. The lowest BCUT2D eigenvalue weighted by atomic mass is 10.1. The number of hydrogen-bond acceptors (Lipinski definition) is 2. The summed E-state index contributed by atoms with van der Waals surface area (Å²) >= 11 is 6.16. The lowest BCUT2D eigenvalue weighted by Gasteiger charge is -2.27. The van der Waals surface area contributed by atoms with Crippen molar-refractivity contribution in [2.75, 3.05) is 11.9 Å². The highest BCUT2D eigenvalue weighted by atomic mass is 35.5. The molecule has 0 aliphatic carbocycles. The molecule has 2 nitrogen and oxygen atoms in total. The van der Waals surface area contributed by atoms with E-state index >= 15 is 0 Å². The molecule has 1 heterocycles. The molecule has 1 aromatic carbocycles. The average Bonchev–Trinajstić information content (AvgIpc) is 2.14. The summed E-state index contributed by atoms with van der Waals surface area (Å²) in [5, 5.41) is 4.17. The van der Waals surface area contributed by atoms with Crippen LogP contribution in [-0.4, -0.2) is 12.6 Å². The van der Waals surface area contributed by atoms with Crippen molar-refractivity contribution in [1.82, 2.24) is 0 Å². The lowest BCUT2D eigenvalue weighted by molar-refractivity contribution is 0.226. The van der Waals surface area contributed by atoms with E-state index in [1.54, 1.807) is 0 Å². The minimum atomic E-state index is 0.225. The third-order valence-corrected chi connectivity index (χ3v) is 3.12. The number of rotatable bonds is 0. The number of halogens is 1. The Hall–Kier alpha value is -0.890. The van der Waals surface area contributed by atoms with Crippen molar-refractivity contribution in [2.45, 2.75) is 26.9 Å². The molecule has 1 aliphatic rings. The third-order valence-electron chi connectivity index (χ3n) is 2.54. The fourth-order valence-corrected chi connectivity index (χ4v) is 1.89. The maximum absolute atomic E-state index is 6.16. The molecule has 0 saturated carbocycles. The van der Waals surface area contributed by atoms with Crippen LogP contribution < -0.4 is 10.1 Å². The van der Waals surface area contributed by atoms with Crippen molar-refractivity contribution in [1.29, 1.82) is 0 Å². The summed E-state index contributed by atoms with van der Waals surface area (Å²) in [4.78, 5) is 0. The number of ether oxygens (including phenoxy) is 1. The standard InChI is InChI=1S/C11H14ClNO/c1-6-4-9-11(8(3)10(6)12)13-5-7(2)14-9/h4,7,13H,5H2,1-3H3. The topological polar surface area (TPSA) is 21.3 Å². The molecule has 76 valence electrons. The number of benzene rings is 1. The zero-order chi connectivity index (χ0) is 10.3. The number of nitrogens with one attached hydrogen (secondary N) is 1. The minimum absolute atomic E-state index is 0.225. The predicted octanol–water partition coefficient (Wildman–Crippen LogP) is 3.15. The molecule has 1 unspecified atom stereocenters. The summed E-state index contributed by atoms with van der Waals surface area (Å²) in [6, 6.07) is 1.99. The van der Waals surface area contributed by atoms with Crippen LogP contribution in [0.4, 0.5) is 5.69 Å². The van der Waals surface area contributed by atoms with E-state index in [0.717, 1.165) is 34.1 Å². The maximum atomic E-state index is 6.16. The van der Waals surface area contributed by atoms with Crippen molar-refractivity contribution in [2.24, 2.45) is 0 Å². The molecule has 0 spiro atoms. The fraction of sp³-hybridized carbons (Fsp3) is 0.455. The molecule has 1 atom stereocenters. The van der Waals surface area contributed by atoms with Crippen LogP contribution in [0.25, 0.3) is 0 Å². The van der Waals surface area contributed by atoms with Crippen LogP contribution in [0, 0.1) is 13.8 Å². The lowest BCUT2D eigenvalue weighted by Crippen LogP contribution is -2.28. The van der Waals surface area contributed by atoms with Gasteiger partial charge in [0.2, 0.25) is 0 Å². The van der Waals surface area contributed by atoms with E-state index < -0.39 is 0 Å². The van der Waals surface area contributed by atoms with Gasteiger partial charge in [-0.05, 0) is 38.0 Å². The molecule has 0 amide bonds. The molecular weight excluding hydrogens is 198 g/mol. The van der Waals surface area contributed by atoms with E-state index in [4.69, 9.17) is 16.3 Å². The Kier molecular flexibility index (Phi) is 2.31. The maximum Gasteiger partial charge on any atom is 0.143 e. The molecule has 0 bridgehead atoms. The molecule has 0 fully saturated rings. The van der Waals surface area contributed by atoms with Gasteiger partial charge in [0.25, 0.3) is 0 Å². The summed E-state index contributed by atoms with van der Waals surface area (Å²) in [6.07, 6.45) is 0.225. The van der Waals surface area contributed by atoms with Crippen molar-refractivity contribution >= 4 is 17.3 Å². The highest BCUT2D eigenvalue weighted by molar-refractivity contribution is 6.32. The van der Waals surface area contributed by atoms with Crippen molar-refractivity contribution in [3.8, 4) is 5.75 Å².